The van der Waals surface area contributed by atoms with Crippen molar-refractivity contribution >= 4 is 11.8 Å². The fourth-order valence-corrected chi connectivity index (χ4v) is 2.30. The van der Waals surface area contributed by atoms with E-state index in [1.807, 2.05) is 6.92 Å². The molecule has 1 atom stereocenters. The summed E-state index contributed by atoms with van der Waals surface area (Å²) in [5, 5.41) is 9.68. The van der Waals surface area contributed by atoms with Crippen molar-refractivity contribution < 1.29 is 24.2 Å². The standard InChI is InChI=1S/C20H24N2O5/c1-3-26-16-9-11-17(12-10-16)27-14(2)20(25)22-21-19(24)13-8-15-6-4-5-7-18(15)23/h4-7,9-12,14,23H,3,8,13H2,1-2H3,(H,21,24)(H,22,25). The fraction of sp³-hybridized carbons (Fsp3) is 0.300. The van der Waals surface area contributed by atoms with E-state index in [-0.39, 0.29) is 18.1 Å². The smallest absolute Gasteiger partial charge is 0.279 e. The lowest BCUT2D eigenvalue weighted by Crippen LogP contribution is -2.47. The summed E-state index contributed by atoms with van der Waals surface area (Å²) in [6.07, 6.45) is -0.292. The number of benzene rings is 2. The molecule has 2 aromatic rings. The average molecular weight is 372 g/mol. The molecule has 0 radical (unpaired) electrons. The molecular formula is C20H24N2O5. The molecule has 0 aromatic heterocycles. The van der Waals surface area contributed by atoms with Crippen LogP contribution in [0.15, 0.2) is 48.5 Å². The molecule has 0 heterocycles. The van der Waals surface area contributed by atoms with Gasteiger partial charge in [0.15, 0.2) is 6.10 Å². The lowest BCUT2D eigenvalue weighted by molar-refractivity contribution is -0.132. The van der Waals surface area contributed by atoms with Crippen molar-refractivity contribution in [1.29, 1.82) is 0 Å². The summed E-state index contributed by atoms with van der Waals surface area (Å²) >= 11 is 0. The van der Waals surface area contributed by atoms with E-state index < -0.39 is 12.0 Å². The number of amides is 2. The second-order valence-electron chi connectivity index (χ2n) is 5.83. The maximum absolute atomic E-state index is 12.0. The third kappa shape index (κ3) is 6.54. The first-order valence-electron chi connectivity index (χ1n) is 8.74. The molecule has 3 N–H and O–H groups in total. The number of carbonyl (C=O) groups is 2. The van der Waals surface area contributed by atoms with E-state index in [0.29, 0.717) is 24.3 Å². The number of hydrogen-bond acceptors (Lipinski definition) is 5. The van der Waals surface area contributed by atoms with Crippen LogP contribution in [0.4, 0.5) is 0 Å². The lowest BCUT2D eigenvalue weighted by atomic mass is 10.1. The predicted octanol–water partition coefficient (Wildman–Crippen LogP) is 2.34. The zero-order valence-corrected chi connectivity index (χ0v) is 15.4. The number of hydrogen-bond donors (Lipinski definition) is 3. The average Bonchev–Trinajstić information content (AvgIpc) is 2.67. The van der Waals surface area contributed by atoms with Crippen LogP contribution >= 0.6 is 0 Å². The number of carbonyl (C=O) groups excluding carboxylic acids is 2. The van der Waals surface area contributed by atoms with Crippen LogP contribution in [0, 0.1) is 0 Å². The first kappa shape index (κ1) is 20.1. The van der Waals surface area contributed by atoms with Crippen LogP contribution in [0.2, 0.25) is 0 Å². The van der Waals surface area contributed by atoms with Gasteiger partial charge in [0.05, 0.1) is 6.61 Å². The molecule has 27 heavy (non-hydrogen) atoms. The van der Waals surface area contributed by atoms with Crippen LogP contribution in [0.5, 0.6) is 17.2 Å². The number of ether oxygens (including phenoxy) is 2. The molecule has 2 aromatic carbocycles. The highest BCUT2D eigenvalue weighted by Gasteiger charge is 2.15. The number of para-hydroxylation sites is 1. The maximum atomic E-state index is 12.0. The number of phenols is 1. The number of rotatable bonds is 8. The zero-order valence-electron chi connectivity index (χ0n) is 15.4. The molecule has 2 amide bonds. The summed E-state index contributed by atoms with van der Waals surface area (Å²) < 4.78 is 10.9. The van der Waals surface area contributed by atoms with Crippen LogP contribution in [-0.4, -0.2) is 29.6 Å². The van der Waals surface area contributed by atoms with E-state index in [4.69, 9.17) is 9.47 Å². The third-order valence-corrected chi connectivity index (χ3v) is 3.75. The molecule has 0 aliphatic rings. The molecule has 0 bridgehead atoms. The highest BCUT2D eigenvalue weighted by molar-refractivity contribution is 5.84. The van der Waals surface area contributed by atoms with Gasteiger partial charge in [0.25, 0.3) is 5.91 Å². The molecule has 7 nitrogen and oxygen atoms in total. The summed E-state index contributed by atoms with van der Waals surface area (Å²) in [5.74, 6) is 0.553. The molecule has 7 heteroatoms. The van der Waals surface area contributed by atoms with Gasteiger partial charge in [-0.2, -0.15) is 0 Å². The Morgan fingerprint density at radius 2 is 1.70 bits per heavy atom. The van der Waals surface area contributed by atoms with Crippen LogP contribution in [-0.2, 0) is 16.0 Å². The second kappa shape index (κ2) is 10.1. The third-order valence-electron chi connectivity index (χ3n) is 3.75. The maximum Gasteiger partial charge on any atom is 0.279 e. The number of hydrazine groups is 1. The van der Waals surface area contributed by atoms with Crippen LogP contribution in [0.1, 0.15) is 25.8 Å². The van der Waals surface area contributed by atoms with E-state index in [9.17, 15) is 14.7 Å². The van der Waals surface area contributed by atoms with Gasteiger partial charge in [0.1, 0.15) is 17.2 Å². The highest BCUT2D eigenvalue weighted by Crippen LogP contribution is 2.19. The minimum atomic E-state index is -0.790. The Hall–Kier alpha value is -3.22. The van der Waals surface area contributed by atoms with Crippen LogP contribution < -0.4 is 20.3 Å². The summed E-state index contributed by atoms with van der Waals surface area (Å²) in [4.78, 5) is 23.9. The second-order valence-corrected chi connectivity index (χ2v) is 5.83. The van der Waals surface area contributed by atoms with Crippen molar-refractivity contribution in [2.75, 3.05) is 6.61 Å². The highest BCUT2D eigenvalue weighted by atomic mass is 16.5. The van der Waals surface area contributed by atoms with Gasteiger partial charge in [0, 0.05) is 6.42 Å². The Morgan fingerprint density at radius 3 is 2.37 bits per heavy atom. The van der Waals surface area contributed by atoms with Crippen molar-refractivity contribution in [2.24, 2.45) is 0 Å². The quantitative estimate of drug-likeness (QED) is 0.618. The predicted molar refractivity (Wildman–Crippen MR) is 100 cm³/mol. The minimum Gasteiger partial charge on any atom is -0.508 e. The minimum absolute atomic E-state index is 0.131. The lowest BCUT2D eigenvalue weighted by Gasteiger charge is -2.15. The van der Waals surface area contributed by atoms with Gasteiger partial charge in [-0.3, -0.25) is 20.4 Å². The fourth-order valence-electron chi connectivity index (χ4n) is 2.30. The molecule has 0 aliphatic carbocycles. The molecule has 1 unspecified atom stereocenters. The van der Waals surface area contributed by atoms with E-state index >= 15 is 0 Å². The summed E-state index contributed by atoms with van der Waals surface area (Å²) in [5.41, 5.74) is 5.35. The molecule has 0 spiro atoms. The first-order chi connectivity index (χ1) is 13.0. The Morgan fingerprint density at radius 1 is 1.04 bits per heavy atom. The Kier molecular flexibility index (Phi) is 7.49. The van der Waals surface area contributed by atoms with Gasteiger partial charge in [-0.15, -0.1) is 0 Å². The number of phenolic OH excluding ortho intramolecular Hbond substituents is 1. The molecule has 144 valence electrons. The normalized spacial score (nSPS) is 11.3. The molecule has 0 aliphatic heterocycles. The van der Waals surface area contributed by atoms with Gasteiger partial charge in [0.2, 0.25) is 5.91 Å². The molecule has 0 fully saturated rings. The van der Waals surface area contributed by atoms with Crippen molar-refractivity contribution in [1.82, 2.24) is 10.9 Å². The SMILES string of the molecule is CCOc1ccc(OC(C)C(=O)NNC(=O)CCc2ccccc2O)cc1. The topological polar surface area (TPSA) is 96.9 Å². The van der Waals surface area contributed by atoms with Gasteiger partial charge in [-0.05, 0) is 56.2 Å². The van der Waals surface area contributed by atoms with Gasteiger partial charge in [-0.1, -0.05) is 18.2 Å². The van der Waals surface area contributed by atoms with Crippen molar-refractivity contribution in [3.8, 4) is 17.2 Å². The largest absolute Gasteiger partial charge is 0.508 e. The Labute approximate surface area is 158 Å². The van der Waals surface area contributed by atoms with Gasteiger partial charge < -0.3 is 14.6 Å². The molecule has 0 saturated carbocycles. The first-order valence-corrected chi connectivity index (χ1v) is 8.74. The molecule has 0 saturated heterocycles. The number of aryl methyl sites for hydroxylation is 1. The van der Waals surface area contributed by atoms with Crippen LogP contribution in [0.3, 0.4) is 0 Å². The van der Waals surface area contributed by atoms with Crippen LogP contribution in [0.25, 0.3) is 0 Å². The summed E-state index contributed by atoms with van der Waals surface area (Å²) in [6.45, 7) is 4.05. The Balaban J connectivity index is 1.73. The van der Waals surface area contributed by atoms with E-state index in [1.54, 1.807) is 55.5 Å². The Bertz CT molecular complexity index is 761. The molecule has 2 rings (SSSR count). The van der Waals surface area contributed by atoms with Crippen molar-refractivity contribution in [2.45, 2.75) is 32.8 Å². The van der Waals surface area contributed by atoms with E-state index in [2.05, 4.69) is 10.9 Å². The van der Waals surface area contributed by atoms with E-state index in [0.717, 1.165) is 5.75 Å². The number of aromatic hydroxyl groups is 1. The van der Waals surface area contributed by atoms with Crippen molar-refractivity contribution in [3.63, 3.8) is 0 Å². The zero-order chi connectivity index (χ0) is 19.6. The van der Waals surface area contributed by atoms with Gasteiger partial charge >= 0.3 is 0 Å². The number of nitrogens with one attached hydrogen (secondary N) is 2. The summed E-state index contributed by atoms with van der Waals surface area (Å²) in [7, 11) is 0. The summed E-state index contributed by atoms with van der Waals surface area (Å²) in [6, 6.07) is 13.7. The van der Waals surface area contributed by atoms with Gasteiger partial charge in [-0.25, -0.2) is 0 Å². The monoisotopic (exact) mass is 372 g/mol. The van der Waals surface area contributed by atoms with Crippen molar-refractivity contribution in [3.05, 3.63) is 54.1 Å². The molecular weight excluding hydrogens is 348 g/mol. The van der Waals surface area contributed by atoms with E-state index in [1.165, 1.54) is 0 Å².